The molecule has 2 heterocycles. The third kappa shape index (κ3) is 4.96. The standard InChI is InChI=1S/C32H26Cl3N3O5/c1-38-26-11-17(7-9-20(26)29(36-38)31(39)40)18-13-32(41,14-18)22-10-8-19(12-25(22)35)42-15-21-28(37-43-30(21)16-5-6-16)27-23(33)3-2-4-24(27)34/h2-4,7-12,16,18,41H,5-6,13-15H2,1H3,(H,39,40). The molecule has 220 valence electrons. The molecule has 5 aromatic rings. The lowest BCUT2D eigenvalue weighted by atomic mass is 9.65. The van der Waals surface area contributed by atoms with E-state index in [4.69, 9.17) is 44.1 Å². The van der Waals surface area contributed by atoms with Crippen molar-refractivity contribution < 1.29 is 24.3 Å². The number of aromatic carboxylic acids is 1. The zero-order chi connectivity index (χ0) is 30.0. The summed E-state index contributed by atoms with van der Waals surface area (Å²) in [7, 11) is 1.72. The van der Waals surface area contributed by atoms with Gasteiger partial charge in [-0.15, -0.1) is 0 Å². The Morgan fingerprint density at radius 2 is 1.79 bits per heavy atom. The molecular weight excluding hydrogens is 613 g/mol. The number of hydrogen-bond acceptors (Lipinski definition) is 6. The van der Waals surface area contributed by atoms with E-state index in [0.717, 1.165) is 35.2 Å². The molecule has 0 amide bonds. The van der Waals surface area contributed by atoms with Crippen molar-refractivity contribution in [2.24, 2.45) is 7.05 Å². The molecule has 2 aromatic heterocycles. The van der Waals surface area contributed by atoms with E-state index >= 15 is 0 Å². The highest BCUT2D eigenvalue weighted by molar-refractivity contribution is 6.39. The van der Waals surface area contributed by atoms with Crippen LogP contribution in [-0.2, 0) is 19.3 Å². The van der Waals surface area contributed by atoms with Crippen LogP contribution in [0.25, 0.3) is 22.2 Å². The quantitative estimate of drug-likeness (QED) is 0.177. The minimum absolute atomic E-state index is 0.0277. The lowest BCUT2D eigenvalue weighted by Crippen LogP contribution is -2.40. The van der Waals surface area contributed by atoms with Crippen molar-refractivity contribution in [2.75, 3.05) is 0 Å². The SMILES string of the molecule is Cn1nc(C(=O)O)c2ccc(C3CC(O)(c4ccc(OCc5c(-c6c(Cl)cccc6Cl)noc5C5CC5)cc4Cl)C3)cc21. The van der Waals surface area contributed by atoms with Gasteiger partial charge < -0.3 is 19.5 Å². The number of carbonyl (C=O) groups is 1. The van der Waals surface area contributed by atoms with Crippen LogP contribution >= 0.6 is 34.8 Å². The second-order valence-corrected chi connectivity index (χ2v) is 12.6. The first-order chi connectivity index (χ1) is 20.6. The van der Waals surface area contributed by atoms with E-state index in [1.54, 1.807) is 54.2 Å². The summed E-state index contributed by atoms with van der Waals surface area (Å²) in [5, 5.41) is 31.3. The van der Waals surface area contributed by atoms with Crippen LogP contribution in [0.15, 0.2) is 59.1 Å². The number of nitrogens with zero attached hydrogens (tertiary/aromatic N) is 3. The van der Waals surface area contributed by atoms with Gasteiger partial charge >= 0.3 is 5.97 Å². The van der Waals surface area contributed by atoms with E-state index in [2.05, 4.69) is 10.3 Å². The summed E-state index contributed by atoms with van der Waals surface area (Å²) in [5.74, 6) is 0.656. The Bertz CT molecular complexity index is 1890. The number of halogens is 3. The third-order valence-electron chi connectivity index (χ3n) is 8.51. The van der Waals surface area contributed by atoms with Gasteiger partial charge in [-0.1, -0.05) is 64.2 Å². The number of benzene rings is 3. The van der Waals surface area contributed by atoms with Crippen LogP contribution in [0.1, 0.15) is 70.5 Å². The fraction of sp³-hybridized carbons (Fsp3) is 0.281. The van der Waals surface area contributed by atoms with Gasteiger partial charge in [0.05, 0.1) is 31.7 Å². The number of carboxylic acids is 1. The van der Waals surface area contributed by atoms with Gasteiger partial charge in [-0.2, -0.15) is 5.10 Å². The molecule has 2 aliphatic carbocycles. The lowest BCUT2D eigenvalue weighted by molar-refractivity contribution is -0.0549. The Labute approximate surface area is 261 Å². The molecule has 2 N–H and O–H groups in total. The number of ether oxygens (including phenoxy) is 1. The predicted molar refractivity (Wildman–Crippen MR) is 163 cm³/mol. The van der Waals surface area contributed by atoms with Crippen LogP contribution in [0, 0.1) is 0 Å². The number of aromatic nitrogens is 3. The van der Waals surface area contributed by atoms with Gasteiger partial charge in [-0.25, -0.2) is 4.79 Å². The lowest BCUT2D eigenvalue weighted by Gasteiger charge is -2.44. The molecule has 0 unspecified atom stereocenters. The zero-order valence-corrected chi connectivity index (χ0v) is 25.2. The van der Waals surface area contributed by atoms with E-state index in [-0.39, 0.29) is 18.2 Å². The smallest absolute Gasteiger partial charge is 0.357 e. The summed E-state index contributed by atoms with van der Waals surface area (Å²) in [6.07, 6.45) is 3.01. The van der Waals surface area contributed by atoms with Crippen LogP contribution < -0.4 is 4.74 Å². The molecule has 0 spiro atoms. The Morgan fingerprint density at radius 3 is 2.47 bits per heavy atom. The van der Waals surface area contributed by atoms with Gasteiger partial charge in [0.2, 0.25) is 0 Å². The molecule has 2 saturated carbocycles. The number of aliphatic hydroxyl groups is 1. The summed E-state index contributed by atoms with van der Waals surface area (Å²) in [6, 6.07) is 16.3. The Balaban J connectivity index is 1.08. The molecule has 11 heteroatoms. The Morgan fingerprint density at radius 1 is 1.05 bits per heavy atom. The monoisotopic (exact) mass is 637 g/mol. The number of rotatable bonds is 8. The second kappa shape index (κ2) is 10.6. The Hall–Kier alpha value is -3.56. The first-order valence-corrected chi connectivity index (χ1v) is 15.0. The number of fused-ring (bicyclic) bond motifs is 1. The van der Waals surface area contributed by atoms with E-state index in [9.17, 15) is 15.0 Å². The fourth-order valence-electron chi connectivity index (χ4n) is 6.06. The van der Waals surface area contributed by atoms with Gasteiger partial charge in [-0.05, 0) is 67.5 Å². The fourth-order valence-corrected chi connectivity index (χ4v) is 6.99. The summed E-state index contributed by atoms with van der Waals surface area (Å²) in [4.78, 5) is 11.5. The predicted octanol–water partition coefficient (Wildman–Crippen LogP) is 8.11. The Kier molecular flexibility index (Phi) is 6.93. The van der Waals surface area contributed by atoms with Gasteiger partial charge in [0.1, 0.15) is 23.8 Å². The molecule has 0 aliphatic heterocycles. The zero-order valence-electron chi connectivity index (χ0n) is 23.0. The maximum atomic E-state index is 11.5. The molecule has 8 nitrogen and oxygen atoms in total. The van der Waals surface area contributed by atoms with Crippen molar-refractivity contribution in [3.63, 3.8) is 0 Å². The summed E-state index contributed by atoms with van der Waals surface area (Å²) in [6.45, 7) is 0.189. The normalized spacial score (nSPS) is 19.9. The van der Waals surface area contributed by atoms with Crippen LogP contribution in [-0.4, -0.2) is 31.1 Å². The molecular formula is C32H26Cl3N3O5. The molecule has 3 aromatic carbocycles. The van der Waals surface area contributed by atoms with Crippen LogP contribution in [0.2, 0.25) is 15.1 Å². The average molecular weight is 639 g/mol. The molecule has 7 rings (SSSR count). The maximum Gasteiger partial charge on any atom is 0.357 e. The number of carboxylic acid groups (broad SMARTS) is 1. The molecule has 0 saturated heterocycles. The highest BCUT2D eigenvalue weighted by Crippen LogP contribution is 2.53. The van der Waals surface area contributed by atoms with E-state index in [1.807, 2.05) is 12.1 Å². The third-order valence-corrected chi connectivity index (χ3v) is 9.45. The first-order valence-electron chi connectivity index (χ1n) is 13.9. The molecule has 0 bridgehead atoms. The summed E-state index contributed by atoms with van der Waals surface area (Å²) < 4.78 is 13.5. The van der Waals surface area contributed by atoms with E-state index in [0.29, 0.717) is 61.8 Å². The van der Waals surface area contributed by atoms with Gasteiger partial charge in [0.15, 0.2) is 5.69 Å². The van der Waals surface area contributed by atoms with Gasteiger partial charge in [0, 0.05) is 29.5 Å². The molecule has 0 atom stereocenters. The average Bonchev–Trinajstić information content (AvgIpc) is 3.63. The first kappa shape index (κ1) is 28.2. The van der Waals surface area contributed by atoms with Crippen molar-refractivity contribution in [3.8, 4) is 17.0 Å². The van der Waals surface area contributed by atoms with E-state index < -0.39 is 11.6 Å². The molecule has 43 heavy (non-hydrogen) atoms. The van der Waals surface area contributed by atoms with Crippen molar-refractivity contribution in [3.05, 3.63) is 97.8 Å². The van der Waals surface area contributed by atoms with E-state index in [1.165, 1.54) is 0 Å². The molecule has 2 aliphatic rings. The maximum absolute atomic E-state index is 11.5. The number of hydrogen-bond donors (Lipinski definition) is 2. The molecule has 2 fully saturated rings. The molecule has 0 radical (unpaired) electrons. The van der Waals surface area contributed by atoms with Gasteiger partial charge in [-0.3, -0.25) is 4.68 Å². The summed E-state index contributed by atoms with van der Waals surface area (Å²) >= 11 is 19.7. The minimum atomic E-state index is -1.09. The van der Waals surface area contributed by atoms with Crippen molar-refractivity contribution in [1.29, 1.82) is 0 Å². The highest BCUT2D eigenvalue weighted by atomic mass is 35.5. The van der Waals surface area contributed by atoms with Crippen LogP contribution in [0.4, 0.5) is 0 Å². The summed E-state index contributed by atoms with van der Waals surface area (Å²) in [5.41, 5.74) is 3.32. The van der Waals surface area contributed by atoms with Crippen LogP contribution in [0.3, 0.4) is 0 Å². The largest absolute Gasteiger partial charge is 0.489 e. The highest BCUT2D eigenvalue weighted by Gasteiger charge is 2.46. The van der Waals surface area contributed by atoms with Crippen LogP contribution in [0.5, 0.6) is 5.75 Å². The van der Waals surface area contributed by atoms with Crippen molar-refractivity contribution in [2.45, 2.75) is 49.7 Å². The number of aryl methyl sites for hydroxylation is 1. The van der Waals surface area contributed by atoms with Gasteiger partial charge in [0.25, 0.3) is 0 Å². The topological polar surface area (TPSA) is 111 Å². The van der Waals surface area contributed by atoms with Crippen molar-refractivity contribution >= 4 is 51.7 Å². The minimum Gasteiger partial charge on any atom is -0.489 e. The second-order valence-electron chi connectivity index (χ2n) is 11.4. The van der Waals surface area contributed by atoms with Crippen molar-refractivity contribution in [1.82, 2.24) is 14.9 Å².